The van der Waals surface area contributed by atoms with E-state index in [1.54, 1.807) is 0 Å². The maximum atomic E-state index is 9.87. The number of hydrogen-bond acceptors (Lipinski definition) is 3. The summed E-state index contributed by atoms with van der Waals surface area (Å²) in [6, 6.07) is 0. The minimum Gasteiger partial charge on any atom is -0.463 e. The number of aliphatic hydroxyl groups excluding tert-OH is 1. The Balaban J connectivity index is 0. The summed E-state index contributed by atoms with van der Waals surface area (Å²) in [5.41, 5.74) is 0. The first-order valence-corrected chi connectivity index (χ1v) is 2.01. The van der Waals surface area contributed by atoms with Gasteiger partial charge in [0.1, 0.15) is 6.61 Å². The molecule has 0 aliphatic heterocycles. The van der Waals surface area contributed by atoms with Crippen molar-refractivity contribution in [2.24, 2.45) is 0 Å². The number of ether oxygens (including phenoxy) is 1. The third-order valence-corrected chi connectivity index (χ3v) is 0.397. The van der Waals surface area contributed by atoms with Gasteiger partial charge in [0.15, 0.2) is 0 Å². The fourth-order valence-electron chi connectivity index (χ4n) is 0.189. The fraction of sp³-hybridized carbons (Fsp3) is 0.750. The van der Waals surface area contributed by atoms with E-state index in [1.807, 2.05) is 0 Å². The molecule has 0 heterocycles. The Hall–Kier alpha value is 0.170. The number of carbonyl (C=O) groups is 1. The van der Waals surface area contributed by atoms with Crippen molar-refractivity contribution in [3.8, 4) is 0 Å². The van der Waals surface area contributed by atoms with Gasteiger partial charge in [-0.2, -0.15) is 0 Å². The summed E-state index contributed by atoms with van der Waals surface area (Å²) < 4.78 is 4.30. The third-order valence-electron chi connectivity index (χ3n) is 0.397. The van der Waals surface area contributed by atoms with Crippen molar-refractivity contribution in [3.63, 3.8) is 0 Å². The van der Waals surface area contributed by atoms with Crippen LogP contribution in [0.5, 0.6) is 0 Å². The van der Waals surface area contributed by atoms with E-state index in [-0.39, 0.29) is 41.6 Å². The Morgan fingerprint density at radius 2 is 2.25 bits per heavy atom. The molecule has 53 valence electrons. The van der Waals surface area contributed by atoms with Crippen molar-refractivity contribution < 1.29 is 37.0 Å². The van der Waals surface area contributed by atoms with Gasteiger partial charge in [-0.1, -0.05) is 0 Å². The minimum absolute atomic E-state index is 0. The molecule has 8 heavy (non-hydrogen) atoms. The van der Waals surface area contributed by atoms with Crippen LogP contribution in [-0.4, -0.2) is 24.3 Å². The van der Waals surface area contributed by atoms with Gasteiger partial charge < -0.3 is 9.84 Å². The predicted octanol–water partition coefficient (Wildman–Crippen LogP) is -0.461. The Morgan fingerprint density at radius 1 is 1.75 bits per heavy atom. The first-order chi connectivity index (χ1) is 3.27. The van der Waals surface area contributed by atoms with Gasteiger partial charge >= 0.3 is 5.97 Å². The molecule has 4 heteroatoms. The van der Waals surface area contributed by atoms with E-state index in [1.165, 1.54) is 6.92 Å². The average molecular weight is 212 g/mol. The maximum absolute atomic E-state index is 9.87. The zero-order valence-corrected chi connectivity index (χ0v) is 5.96. The van der Waals surface area contributed by atoms with Crippen LogP contribution in [0, 0.1) is 0 Å². The van der Waals surface area contributed by atoms with Gasteiger partial charge in [0.05, 0.1) is 6.61 Å². The molecular formula is C4H8AgO3. The normalized spacial score (nSPS) is 7.25. The summed E-state index contributed by atoms with van der Waals surface area (Å²) >= 11 is 0. The van der Waals surface area contributed by atoms with Crippen LogP contribution in [0.1, 0.15) is 6.92 Å². The molecule has 0 fully saturated rings. The average Bonchev–Trinajstić information content (AvgIpc) is 1.61. The molecule has 0 atom stereocenters. The Kier molecular flexibility index (Phi) is 9.89. The summed E-state index contributed by atoms with van der Waals surface area (Å²) in [4.78, 5) is 9.87. The van der Waals surface area contributed by atoms with E-state index < -0.39 is 0 Å². The quantitative estimate of drug-likeness (QED) is 0.497. The van der Waals surface area contributed by atoms with Crippen molar-refractivity contribution in [3.05, 3.63) is 0 Å². The maximum Gasteiger partial charge on any atom is 0.302 e. The van der Waals surface area contributed by atoms with Gasteiger partial charge in [-0.15, -0.1) is 0 Å². The number of hydrogen-bond donors (Lipinski definition) is 1. The van der Waals surface area contributed by atoms with Gasteiger partial charge in [0.25, 0.3) is 0 Å². The van der Waals surface area contributed by atoms with E-state index in [4.69, 9.17) is 5.11 Å². The zero-order valence-electron chi connectivity index (χ0n) is 4.48. The van der Waals surface area contributed by atoms with Crippen molar-refractivity contribution in [1.82, 2.24) is 0 Å². The summed E-state index contributed by atoms with van der Waals surface area (Å²) in [5.74, 6) is -0.353. The van der Waals surface area contributed by atoms with Crippen LogP contribution in [0.15, 0.2) is 0 Å². The van der Waals surface area contributed by atoms with Gasteiger partial charge in [0, 0.05) is 29.3 Å². The van der Waals surface area contributed by atoms with Gasteiger partial charge in [-0.05, 0) is 0 Å². The standard InChI is InChI=1S/C4H8O3.Ag/c1-4(6)7-3-2-5;/h5H,2-3H2,1H3;. The van der Waals surface area contributed by atoms with Crippen LogP contribution in [0.25, 0.3) is 0 Å². The van der Waals surface area contributed by atoms with Crippen LogP contribution >= 0.6 is 0 Å². The predicted molar refractivity (Wildman–Crippen MR) is 23.7 cm³/mol. The Morgan fingerprint density at radius 3 is 2.38 bits per heavy atom. The van der Waals surface area contributed by atoms with Crippen LogP contribution in [-0.2, 0) is 31.9 Å². The monoisotopic (exact) mass is 211 g/mol. The zero-order chi connectivity index (χ0) is 5.70. The summed E-state index contributed by atoms with van der Waals surface area (Å²) in [5, 5.41) is 8.04. The van der Waals surface area contributed by atoms with E-state index in [0.717, 1.165) is 0 Å². The molecule has 0 bridgehead atoms. The molecule has 0 unspecified atom stereocenters. The van der Waals surface area contributed by atoms with Gasteiger partial charge in [0.2, 0.25) is 0 Å². The molecule has 0 rings (SSSR count). The summed E-state index contributed by atoms with van der Waals surface area (Å²) in [6.45, 7) is 1.31. The molecule has 3 nitrogen and oxygen atoms in total. The molecule has 0 aromatic rings. The molecular weight excluding hydrogens is 204 g/mol. The largest absolute Gasteiger partial charge is 0.463 e. The van der Waals surface area contributed by atoms with E-state index >= 15 is 0 Å². The molecule has 0 aromatic heterocycles. The fourth-order valence-corrected chi connectivity index (χ4v) is 0.189. The topological polar surface area (TPSA) is 46.5 Å². The minimum atomic E-state index is -0.353. The summed E-state index contributed by atoms with van der Waals surface area (Å²) in [6.07, 6.45) is 0. The molecule has 1 radical (unpaired) electrons. The number of esters is 1. The number of aliphatic hydroxyl groups is 1. The second-order valence-corrected chi connectivity index (χ2v) is 1.06. The van der Waals surface area contributed by atoms with Crippen LogP contribution in [0.3, 0.4) is 0 Å². The van der Waals surface area contributed by atoms with Crippen LogP contribution in [0.4, 0.5) is 0 Å². The molecule has 0 amide bonds. The van der Waals surface area contributed by atoms with Crippen molar-refractivity contribution in [2.75, 3.05) is 13.2 Å². The smallest absolute Gasteiger partial charge is 0.302 e. The molecule has 0 aliphatic carbocycles. The summed E-state index contributed by atoms with van der Waals surface area (Å²) in [7, 11) is 0. The first kappa shape index (κ1) is 11.0. The molecule has 0 aliphatic rings. The van der Waals surface area contributed by atoms with E-state index in [9.17, 15) is 4.79 Å². The van der Waals surface area contributed by atoms with Gasteiger partial charge in [-0.3, -0.25) is 4.79 Å². The molecule has 1 N–H and O–H groups in total. The molecule has 0 saturated heterocycles. The Labute approximate surface area is 63.5 Å². The third kappa shape index (κ3) is 9.48. The second-order valence-electron chi connectivity index (χ2n) is 1.06. The van der Waals surface area contributed by atoms with Crippen molar-refractivity contribution in [1.29, 1.82) is 0 Å². The van der Waals surface area contributed by atoms with Gasteiger partial charge in [-0.25, -0.2) is 0 Å². The molecule has 0 aromatic carbocycles. The van der Waals surface area contributed by atoms with Crippen molar-refractivity contribution >= 4 is 5.97 Å². The second kappa shape index (κ2) is 7.17. The SMILES string of the molecule is CC(=O)OCCO.[Ag]. The first-order valence-electron chi connectivity index (χ1n) is 2.01. The van der Waals surface area contributed by atoms with Crippen molar-refractivity contribution in [2.45, 2.75) is 6.92 Å². The van der Waals surface area contributed by atoms with Crippen LogP contribution < -0.4 is 0 Å². The van der Waals surface area contributed by atoms with Crippen LogP contribution in [0.2, 0.25) is 0 Å². The molecule has 0 spiro atoms. The number of carbonyl (C=O) groups excluding carboxylic acids is 1. The Bertz CT molecular complexity index is 64.3. The van der Waals surface area contributed by atoms with E-state index in [2.05, 4.69) is 4.74 Å². The van der Waals surface area contributed by atoms with E-state index in [0.29, 0.717) is 0 Å². The molecule has 0 saturated carbocycles. The number of rotatable bonds is 2.